The van der Waals surface area contributed by atoms with Gasteiger partial charge in [0.05, 0.1) is 13.2 Å². The fourth-order valence-electron chi connectivity index (χ4n) is 4.00. The highest BCUT2D eigenvalue weighted by atomic mass is 16.5. The zero-order chi connectivity index (χ0) is 20.1. The first kappa shape index (κ1) is 19.8. The van der Waals surface area contributed by atoms with Crippen molar-refractivity contribution in [1.29, 1.82) is 0 Å². The molecule has 1 unspecified atom stereocenters. The van der Waals surface area contributed by atoms with Crippen LogP contribution in [0, 0.1) is 0 Å². The summed E-state index contributed by atoms with van der Waals surface area (Å²) >= 11 is 0. The number of ether oxygens (including phenoxy) is 1. The molecule has 0 aliphatic carbocycles. The number of rotatable bonds is 6. The van der Waals surface area contributed by atoms with Crippen LogP contribution in [0.5, 0.6) is 0 Å². The highest BCUT2D eigenvalue weighted by molar-refractivity contribution is 5.75. The molecule has 8 nitrogen and oxygen atoms in total. The van der Waals surface area contributed by atoms with Gasteiger partial charge in [-0.05, 0) is 25.3 Å². The molecule has 3 heterocycles. The summed E-state index contributed by atoms with van der Waals surface area (Å²) in [4.78, 5) is 21.7. The smallest absolute Gasteiger partial charge is 0.318 e. The van der Waals surface area contributed by atoms with E-state index in [1.165, 1.54) is 0 Å². The maximum atomic E-state index is 12.9. The van der Waals surface area contributed by atoms with Crippen LogP contribution in [-0.2, 0) is 11.2 Å². The molecule has 0 radical (unpaired) electrons. The number of nitrogens with zero attached hydrogens (tertiary/aromatic N) is 4. The first-order valence-corrected chi connectivity index (χ1v) is 10.4. The zero-order valence-corrected chi connectivity index (χ0v) is 16.9. The van der Waals surface area contributed by atoms with E-state index in [1.807, 2.05) is 42.2 Å². The van der Waals surface area contributed by atoms with Gasteiger partial charge in [0.25, 0.3) is 0 Å². The second kappa shape index (κ2) is 9.37. The first-order valence-electron chi connectivity index (χ1n) is 10.4. The molecular weight excluding hydrogens is 370 g/mol. The van der Waals surface area contributed by atoms with Crippen LogP contribution in [0.3, 0.4) is 0 Å². The minimum atomic E-state index is -0.329. The van der Waals surface area contributed by atoms with Gasteiger partial charge in [-0.1, -0.05) is 35.5 Å². The Morgan fingerprint density at radius 2 is 2.03 bits per heavy atom. The van der Waals surface area contributed by atoms with Crippen LogP contribution in [-0.4, -0.2) is 71.4 Å². The molecule has 0 saturated carbocycles. The van der Waals surface area contributed by atoms with Crippen molar-refractivity contribution >= 4 is 6.03 Å². The van der Waals surface area contributed by atoms with Crippen molar-refractivity contribution in [1.82, 2.24) is 25.3 Å². The average Bonchev–Trinajstić information content (AvgIpc) is 3.39. The third-order valence-corrected chi connectivity index (χ3v) is 5.61. The van der Waals surface area contributed by atoms with Crippen LogP contribution in [0.1, 0.15) is 43.1 Å². The highest BCUT2D eigenvalue weighted by Gasteiger charge is 2.31. The fourth-order valence-corrected chi connectivity index (χ4v) is 4.00. The van der Waals surface area contributed by atoms with Crippen molar-refractivity contribution in [3.05, 3.63) is 47.6 Å². The number of urea groups is 1. The molecular formula is C21H29N5O3. The van der Waals surface area contributed by atoms with Crippen LogP contribution in [0.4, 0.5) is 4.79 Å². The van der Waals surface area contributed by atoms with Gasteiger partial charge in [-0.15, -0.1) is 0 Å². The summed E-state index contributed by atoms with van der Waals surface area (Å²) in [5.41, 5.74) is 1.12. The lowest BCUT2D eigenvalue weighted by atomic mass is 10.1. The van der Waals surface area contributed by atoms with Crippen molar-refractivity contribution in [2.75, 3.05) is 39.4 Å². The molecule has 8 heteroatoms. The number of benzene rings is 1. The molecule has 2 saturated heterocycles. The lowest BCUT2D eigenvalue weighted by Gasteiger charge is -2.33. The molecule has 4 rings (SSSR count). The van der Waals surface area contributed by atoms with Crippen LogP contribution >= 0.6 is 0 Å². The molecule has 0 bridgehead atoms. The van der Waals surface area contributed by atoms with Gasteiger partial charge in [0.15, 0.2) is 5.82 Å². The molecule has 2 aliphatic heterocycles. The van der Waals surface area contributed by atoms with E-state index < -0.39 is 0 Å². The van der Waals surface area contributed by atoms with Crippen molar-refractivity contribution in [3.8, 4) is 0 Å². The van der Waals surface area contributed by atoms with Gasteiger partial charge in [0.1, 0.15) is 6.04 Å². The van der Waals surface area contributed by atoms with E-state index in [1.54, 1.807) is 0 Å². The third-order valence-electron chi connectivity index (χ3n) is 5.61. The van der Waals surface area contributed by atoms with Crippen molar-refractivity contribution in [2.24, 2.45) is 0 Å². The number of morpholine rings is 1. The molecule has 2 amide bonds. The summed E-state index contributed by atoms with van der Waals surface area (Å²) < 4.78 is 10.8. The zero-order valence-electron chi connectivity index (χ0n) is 16.9. The highest BCUT2D eigenvalue weighted by Crippen LogP contribution is 2.20. The molecule has 2 aliphatic rings. The molecule has 29 heavy (non-hydrogen) atoms. The molecule has 2 fully saturated rings. The van der Waals surface area contributed by atoms with E-state index in [4.69, 9.17) is 9.26 Å². The van der Waals surface area contributed by atoms with Crippen LogP contribution in [0.25, 0.3) is 0 Å². The minimum absolute atomic E-state index is 0.0592. The number of likely N-dealkylation sites (tertiary alicyclic amines) is 1. The summed E-state index contributed by atoms with van der Waals surface area (Å²) in [5, 5.41) is 7.09. The summed E-state index contributed by atoms with van der Waals surface area (Å²) in [6.07, 6.45) is 2.69. The Morgan fingerprint density at radius 3 is 2.83 bits per heavy atom. The van der Waals surface area contributed by atoms with E-state index >= 15 is 0 Å². The van der Waals surface area contributed by atoms with Gasteiger partial charge in [-0.2, -0.15) is 4.98 Å². The third kappa shape index (κ3) is 5.13. The van der Waals surface area contributed by atoms with Gasteiger partial charge in [0, 0.05) is 38.6 Å². The van der Waals surface area contributed by atoms with Crippen molar-refractivity contribution in [3.63, 3.8) is 0 Å². The van der Waals surface area contributed by atoms with E-state index in [2.05, 4.69) is 20.4 Å². The molecule has 2 aromatic rings. The Bertz CT molecular complexity index is 791. The Balaban J connectivity index is 1.31. The van der Waals surface area contributed by atoms with E-state index in [-0.39, 0.29) is 18.1 Å². The van der Waals surface area contributed by atoms with Crippen LogP contribution < -0.4 is 5.32 Å². The summed E-state index contributed by atoms with van der Waals surface area (Å²) in [6.45, 7) is 7.01. The average molecular weight is 399 g/mol. The predicted octanol–water partition coefficient (Wildman–Crippen LogP) is 2.23. The SMILES string of the molecule is CC(NC(=O)N1CCC[C@H]1CN1CCOCC1)c1nc(Cc2ccccc2)no1. The van der Waals surface area contributed by atoms with Crippen LogP contribution in [0.2, 0.25) is 0 Å². The number of hydrogen-bond donors (Lipinski definition) is 1. The minimum Gasteiger partial charge on any atom is -0.379 e. The van der Waals surface area contributed by atoms with Gasteiger partial charge < -0.3 is 19.5 Å². The summed E-state index contributed by atoms with van der Waals surface area (Å²) in [7, 11) is 0. The monoisotopic (exact) mass is 399 g/mol. The van der Waals surface area contributed by atoms with Crippen molar-refractivity contribution < 1.29 is 14.1 Å². The van der Waals surface area contributed by atoms with Crippen molar-refractivity contribution in [2.45, 2.75) is 38.3 Å². The summed E-state index contributed by atoms with van der Waals surface area (Å²) in [5.74, 6) is 1.06. The van der Waals surface area contributed by atoms with Gasteiger partial charge in [-0.3, -0.25) is 4.90 Å². The van der Waals surface area contributed by atoms with E-state index in [0.29, 0.717) is 18.1 Å². The molecule has 156 valence electrons. The Kier molecular flexibility index (Phi) is 6.41. The lowest BCUT2D eigenvalue weighted by Crippen LogP contribution is -2.49. The fraction of sp³-hybridized carbons (Fsp3) is 0.571. The molecule has 1 aromatic heterocycles. The molecule has 1 N–H and O–H groups in total. The molecule has 0 spiro atoms. The lowest BCUT2D eigenvalue weighted by molar-refractivity contribution is 0.0291. The number of aromatic nitrogens is 2. The Morgan fingerprint density at radius 1 is 1.24 bits per heavy atom. The van der Waals surface area contributed by atoms with Crippen LogP contribution in [0.15, 0.2) is 34.9 Å². The van der Waals surface area contributed by atoms with Gasteiger partial charge in [0.2, 0.25) is 5.89 Å². The number of carbonyl (C=O) groups excluding carboxylic acids is 1. The maximum Gasteiger partial charge on any atom is 0.318 e. The van der Waals surface area contributed by atoms with E-state index in [0.717, 1.165) is 57.8 Å². The second-order valence-electron chi connectivity index (χ2n) is 7.78. The standard InChI is InChI=1S/C21H29N5O3/c1-16(20-23-19(24-29-20)14-17-6-3-2-4-7-17)22-21(27)26-9-5-8-18(26)15-25-10-12-28-13-11-25/h2-4,6-7,16,18H,5,8-15H2,1H3,(H,22,27)/t16?,18-/m0/s1. The number of nitrogens with one attached hydrogen (secondary N) is 1. The largest absolute Gasteiger partial charge is 0.379 e. The number of carbonyl (C=O) groups is 1. The second-order valence-corrected chi connectivity index (χ2v) is 7.78. The van der Waals surface area contributed by atoms with E-state index in [9.17, 15) is 4.79 Å². The number of hydrogen-bond acceptors (Lipinski definition) is 6. The Hall–Kier alpha value is -2.45. The van der Waals surface area contributed by atoms with Gasteiger partial charge >= 0.3 is 6.03 Å². The molecule has 2 atom stereocenters. The number of amides is 2. The topological polar surface area (TPSA) is 83.7 Å². The molecule has 1 aromatic carbocycles. The maximum absolute atomic E-state index is 12.9. The van der Waals surface area contributed by atoms with Gasteiger partial charge in [-0.25, -0.2) is 4.79 Å². The normalized spacial score (nSPS) is 21.3. The predicted molar refractivity (Wildman–Crippen MR) is 107 cm³/mol. The summed E-state index contributed by atoms with van der Waals surface area (Å²) in [6, 6.07) is 9.88. The first-order chi connectivity index (χ1) is 14.2. The Labute approximate surface area is 171 Å². The quantitative estimate of drug-likeness (QED) is 0.802.